The van der Waals surface area contributed by atoms with Gasteiger partial charge in [-0.3, -0.25) is 9.69 Å². The zero-order valence-electron chi connectivity index (χ0n) is 12.7. The summed E-state index contributed by atoms with van der Waals surface area (Å²) < 4.78 is 0. The molecule has 0 bridgehead atoms. The minimum absolute atomic E-state index is 0.278. The van der Waals surface area contributed by atoms with Crippen molar-refractivity contribution in [2.45, 2.75) is 6.42 Å². The quantitative estimate of drug-likeness (QED) is 0.774. The minimum atomic E-state index is -0.290. The molecule has 0 unspecified atom stereocenters. The summed E-state index contributed by atoms with van der Waals surface area (Å²) >= 11 is 1.66. The fraction of sp³-hybridized carbons (Fsp3) is 0.176. The van der Waals surface area contributed by atoms with Gasteiger partial charge in [0.15, 0.2) is 0 Å². The maximum Gasteiger partial charge on any atom is 0.321 e. The second-order valence-electron chi connectivity index (χ2n) is 5.19. The molecule has 0 saturated heterocycles. The first-order chi connectivity index (χ1) is 11.1. The molecule has 2 aromatic heterocycles. The van der Waals surface area contributed by atoms with Crippen LogP contribution in [0.4, 0.5) is 10.5 Å². The average Bonchev–Trinajstić information content (AvgIpc) is 3.06. The van der Waals surface area contributed by atoms with Crippen LogP contribution in [0.2, 0.25) is 0 Å². The van der Waals surface area contributed by atoms with E-state index >= 15 is 0 Å². The SMILES string of the molecule is CN(C(=O)NCCc1cccs1)c1cc2ccccc2[nH]c1=O. The van der Waals surface area contributed by atoms with Crippen molar-refractivity contribution in [2.75, 3.05) is 18.5 Å². The number of benzene rings is 1. The van der Waals surface area contributed by atoms with Gasteiger partial charge in [0.2, 0.25) is 0 Å². The van der Waals surface area contributed by atoms with E-state index in [1.165, 1.54) is 9.78 Å². The molecule has 0 aliphatic heterocycles. The molecule has 2 amide bonds. The van der Waals surface area contributed by atoms with E-state index in [2.05, 4.69) is 10.3 Å². The summed E-state index contributed by atoms with van der Waals surface area (Å²) in [6, 6.07) is 13.0. The maximum absolute atomic E-state index is 12.2. The van der Waals surface area contributed by atoms with Crippen molar-refractivity contribution in [3.05, 3.63) is 63.1 Å². The first-order valence-corrected chi connectivity index (χ1v) is 8.19. The van der Waals surface area contributed by atoms with Crippen LogP contribution in [0.3, 0.4) is 0 Å². The number of H-pyrrole nitrogens is 1. The topological polar surface area (TPSA) is 65.2 Å². The number of para-hydroxylation sites is 1. The molecule has 5 nitrogen and oxygen atoms in total. The second-order valence-corrected chi connectivity index (χ2v) is 6.22. The first kappa shape index (κ1) is 15.3. The number of hydrogen-bond acceptors (Lipinski definition) is 3. The molecule has 23 heavy (non-hydrogen) atoms. The Hall–Kier alpha value is -2.60. The molecule has 0 spiro atoms. The average molecular weight is 327 g/mol. The third kappa shape index (κ3) is 3.43. The number of hydrogen-bond donors (Lipinski definition) is 2. The van der Waals surface area contributed by atoms with Crippen molar-refractivity contribution in [3.63, 3.8) is 0 Å². The Balaban J connectivity index is 1.71. The van der Waals surface area contributed by atoms with Crippen LogP contribution in [0.5, 0.6) is 0 Å². The highest BCUT2D eigenvalue weighted by molar-refractivity contribution is 7.09. The highest BCUT2D eigenvalue weighted by atomic mass is 32.1. The summed E-state index contributed by atoms with van der Waals surface area (Å²) in [4.78, 5) is 29.8. The van der Waals surface area contributed by atoms with Crippen LogP contribution in [0.15, 0.2) is 52.6 Å². The van der Waals surface area contributed by atoms with Gasteiger partial charge < -0.3 is 10.3 Å². The Morgan fingerprint density at radius 3 is 2.87 bits per heavy atom. The predicted octanol–water partition coefficient (Wildman–Crippen LogP) is 2.98. The number of nitrogens with one attached hydrogen (secondary N) is 2. The molecular formula is C17H17N3O2S. The van der Waals surface area contributed by atoms with E-state index in [1.807, 2.05) is 41.8 Å². The van der Waals surface area contributed by atoms with Gasteiger partial charge in [0.25, 0.3) is 5.56 Å². The summed E-state index contributed by atoms with van der Waals surface area (Å²) in [5.74, 6) is 0. The Morgan fingerprint density at radius 1 is 1.26 bits per heavy atom. The lowest BCUT2D eigenvalue weighted by Crippen LogP contribution is -2.40. The van der Waals surface area contributed by atoms with Gasteiger partial charge in [-0.05, 0) is 30.0 Å². The lowest BCUT2D eigenvalue weighted by molar-refractivity contribution is 0.247. The maximum atomic E-state index is 12.2. The molecule has 118 valence electrons. The third-order valence-corrected chi connectivity index (χ3v) is 4.56. The zero-order chi connectivity index (χ0) is 16.2. The van der Waals surface area contributed by atoms with Gasteiger partial charge in [-0.15, -0.1) is 11.3 Å². The Morgan fingerprint density at radius 2 is 2.09 bits per heavy atom. The van der Waals surface area contributed by atoms with E-state index in [4.69, 9.17) is 0 Å². The van der Waals surface area contributed by atoms with E-state index in [1.54, 1.807) is 24.5 Å². The molecule has 1 aromatic carbocycles. The first-order valence-electron chi connectivity index (χ1n) is 7.31. The Kier molecular flexibility index (Phi) is 4.43. The molecule has 0 saturated carbocycles. The summed E-state index contributed by atoms with van der Waals surface area (Å²) in [6.45, 7) is 0.537. The summed E-state index contributed by atoms with van der Waals surface area (Å²) in [7, 11) is 1.60. The summed E-state index contributed by atoms with van der Waals surface area (Å²) in [6.07, 6.45) is 0.783. The number of carbonyl (C=O) groups excluding carboxylic acids is 1. The molecule has 2 heterocycles. The molecule has 0 atom stereocenters. The van der Waals surface area contributed by atoms with Crippen LogP contribution in [0.1, 0.15) is 4.88 Å². The van der Waals surface area contributed by atoms with Gasteiger partial charge in [-0.1, -0.05) is 24.3 Å². The highest BCUT2D eigenvalue weighted by Gasteiger charge is 2.14. The molecule has 0 aliphatic carbocycles. The van der Waals surface area contributed by atoms with Gasteiger partial charge in [0.05, 0.1) is 0 Å². The number of fused-ring (bicyclic) bond motifs is 1. The molecule has 0 aliphatic rings. The molecule has 2 N–H and O–H groups in total. The second kappa shape index (κ2) is 6.66. The highest BCUT2D eigenvalue weighted by Crippen LogP contribution is 2.15. The fourth-order valence-corrected chi connectivity index (χ4v) is 3.07. The standard InChI is InChI=1S/C17H17N3O2S/c1-20(17(22)18-9-8-13-6-4-10-23-13)15-11-12-5-2-3-7-14(12)19-16(15)21/h2-7,10-11H,8-9H2,1H3,(H,18,22)(H,19,21). The van der Waals surface area contributed by atoms with E-state index in [0.29, 0.717) is 12.2 Å². The number of thiophene rings is 1. The monoisotopic (exact) mass is 327 g/mol. The molecule has 6 heteroatoms. The summed E-state index contributed by atoms with van der Waals surface area (Å²) in [5, 5.41) is 5.74. The zero-order valence-corrected chi connectivity index (χ0v) is 13.5. The van der Waals surface area contributed by atoms with Crippen LogP contribution < -0.4 is 15.8 Å². The molecule has 0 radical (unpaired) electrons. The van der Waals surface area contributed by atoms with Gasteiger partial charge in [-0.2, -0.15) is 0 Å². The normalized spacial score (nSPS) is 10.7. The van der Waals surface area contributed by atoms with E-state index < -0.39 is 0 Å². The van der Waals surface area contributed by atoms with Crippen molar-refractivity contribution in [1.82, 2.24) is 10.3 Å². The number of amides is 2. The Labute approximate surface area is 137 Å². The van der Waals surface area contributed by atoms with Gasteiger partial charge >= 0.3 is 6.03 Å². The van der Waals surface area contributed by atoms with Gasteiger partial charge in [0.1, 0.15) is 5.69 Å². The van der Waals surface area contributed by atoms with Gasteiger partial charge in [-0.25, -0.2) is 4.79 Å². The molecule has 3 aromatic rings. The van der Waals surface area contributed by atoms with E-state index in [9.17, 15) is 9.59 Å². The lowest BCUT2D eigenvalue weighted by Gasteiger charge is -2.17. The predicted molar refractivity (Wildman–Crippen MR) is 94.4 cm³/mol. The number of pyridine rings is 1. The number of aromatic nitrogens is 1. The van der Waals surface area contributed by atoms with Crippen molar-refractivity contribution in [1.29, 1.82) is 0 Å². The molecular weight excluding hydrogens is 310 g/mol. The Bertz CT molecular complexity index is 871. The van der Waals surface area contributed by atoms with Crippen molar-refractivity contribution < 1.29 is 4.79 Å². The molecule has 0 fully saturated rings. The van der Waals surface area contributed by atoms with Crippen molar-refractivity contribution in [2.24, 2.45) is 0 Å². The van der Waals surface area contributed by atoms with Crippen molar-refractivity contribution >= 4 is 34.0 Å². The van der Waals surface area contributed by atoms with Crippen LogP contribution >= 0.6 is 11.3 Å². The number of nitrogens with zero attached hydrogens (tertiary/aromatic N) is 1. The smallest absolute Gasteiger partial charge is 0.321 e. The number of carbonyl (C=O) groups is 1. The van der Waals surface area contributed by atoms with E-state index in [0.717, 1.165) is 17.3 Å². The summed E-state index contributed by atoms with van der Waals surface area (Å²) in [5.41, 5.74) is 0.810. The number of urea groups is 1. The lowest BCUT2D eigenvalue weighted by atomic mass is 10.2. The largest absolute Gasteiger partial charge is 0.337 e. The van der Waals surface area contributed by atoms with Crippen LogP contribution in [0, 0.1) is 0 Å². The van der Waals surface area contributed by atoms with Crippen LogP contribution in [0.25, 0.3) is 10.9 Å². The number of rotatable bonds is 4. The number of anilines is 1. The molecule has 3 rings (SSSR count). The minimum Gasteiger partial charge on any atom is -0.337 e. The van der Waals surface area contributed by atoms with Crippen LogP contribution in [-0.2, 0) is 6.42 Å². The fourth-order valence-electron chi connectivity index (χ4n) is 2.36. The van der Waals surface area contributed by atoms with E-state index in [-0.39, 0.29) is 11.6 Å². The van der Waals surface area contributed by atoms with Gasteiger partial charge in [0, 0.05) is 29.4 Å². The third-order valence-electron chi connectivity index (χ3n) is 3.63. The van der Waals surface area contributed by atoms with Crippen molar-refractivity contribution in [3.8, 4) is 0 Å². The van der Waals surface area contributed by atoms with Crippen LogP contribution in [-0.4, -0.2) is 24.6 Å². The number of aromatic amines is 1.